The summed E-state index contributed by atoms with van der Waals surface area (Å²) in [5, 5.41) is 5.32. The van der Waals surface area contributed by atoms with Crippen LogP contribution in [0.25, 0.3) is 0 Å². The molecule has 0 amide bonds. The first-order chi connectivity index (χ1) is 10.1. The Bertz CT molecular complexity index is 574. The van der Waals surface area contributed by atoms with Gasteiger partial charge in [-0.2, -0.15) is 4.31 Å². The van der Waals surface area contributed by atoms with Crippen LogP contribution in [0.15, 0.2) is 16.3 Å². The highest BCUT2D eigenvalue weighted by atomic mass is 32.2. The van der Waals surface area contributed by atoms with Crippen LogP contribution >= 0.6 is 11.3 Å². The van der Waals surface area contributed by atoms with Crippen LogP contribution in [-0.4, -0.2) is 31.9 Å². The van der Waals surface area contributed by atoms with Gasteiger partial charge < -0.3 is 5.32 Å². The molecule has 0 aliphatic heterocycles. The highest BCUT2D eigenvalue weighted by molar-refractivity contribution is 7.89. The number of rotatable bonds is 8. The summed E-state index contributed by atoms with van der Waals surface area (Å²) in [4.78, 5) is 1.47. The fourth-order valence-corrected chi connectivity index (χ4v) is 5.60. The van der Waals surface area contributed by atoms with E-state index in [0.29, 0.717) is 36.5 Å². The average Bonchev–Trinajstić information content (AvgIpc) is 3.11. The first-order valence-electron chi connectivity index (χ1n) is 7.91. The van der Waals surface area contributed by atoms with Crippen LogP contribution in [-0.2, 0) is 16.6 Å². The highest BCUT2D eigenvalue weighted by Crippen LogP contribution is 2.31. The van der Waals surface area contributed by atoms with Crippen LogP contribution in [0.2, 0.25) is 0 Å². The Morgan fingerprint density at radius 2 is 2.10 bits per heavy atom. The minimum Gasteiger partial charge on any atom is -0.309 e. The average molecular weight is 329 g/mol. The van der Waals surface area contributed by atoms with Crippen LogP contribution < -0.4 is 5.32 Å². The Hall–Kier alpha value is -0.430. The normalized spacial score (nSPS) is 19.9. The Kier molecular flexibility index (Phi) is 4.69. The second-order valence-corrected chi connectivity index (χ2v) is 9.02. The molecule has 2 aliphatic rings. The van der Waals surface area contributed by atoms with E-state index in [1.807, 2.05) is 12.3 Å². The van der Waals surface area contributed by atoms with Gasteiger partial charge in [-0.25, -0.2) is 8.42 Å². The standard InChI is InChI=1S/C15H24N2O2S2/c1-2-17(11-12-4-3-5-12)21(18,19)15-8-9-20-14(15)10-16-13-6-7-13/h8-9,12-13,16H,2-7,10-11H2,1H3. The SMILES string of the molecule is CCN(CC1CCC1)S(=O)(=O)c1ccsc1CNC1CC1. The van der Waals surface area contributed by atoms with E-state index in [1.165, 1.54) is 32.1 Å². The summed E-state index contributed by atoms with van der Waals surface area (Å²) in [5.41, 5.74) is 0. The molecule has 0 saturated heterocycles. The lowest BCUT2D eigenvalue weighted by atomic mass is 9.85. The molecular weight excluding hydrogens is 304 g/mol. The maximum Gasteiger partial charge on any atom is 0.244 e. The van der Waals surface area contributed by atoms with E-state index in [-0.39, 0.29) is 0 Å². The van der Waals surface area contributed by atoms with E-state index in [9.17, 15) is 8.42 Å². The number of nitrogens with one attached hydrogen (secondary N) is 1. The molecule has 1 N–H and O–H groups in total. The lowest BCUT2D eigenvalue weighted by Gasteiger charge is -2.31. The number of hydrogen-bond acceptors (Lipinski definition) is 4. The topological polar surface area (TPSA) is 49.4 Å². The molecule has 4 nitrogen and oxygen atoms in total. The smallest absolute Gasteiger partial charge is 0.244 e. The van der Waals surface area contributed by atoms with Crippen molar-refractivity contribution in [1.82, 2.24) is 9.62 Å². The monoisotopic (exact) mass is 328 g/mol. The van der Waals surface area contributed by atoms with Crippen molar-refractivity contribution in [3.63, 3.8) is 0 Å². The second kappa shape index (κ2) is 6.36. The first-order valence-corrected chi connectivity index (χ1v) is 10.2. The Balaban J connectivity index is 1.73. The van der Waals surface area contributed by atoms with Crippen molar-refractivity contribution >= 4 is 21.4 Å². The summed E-state index contributed by atoms with van der Waals surface area (Å²) in [6.45, 7) is 3.86. The number of thiophene rings is 1. The Morgan fingerprint density at radius 3 is 2.67 bits per heavy atom. The molecule has 21 heavy (non-hydrogen) atoms. The van der Waals surface area contributed by atoms with E-state index in [4.69, 9.17) is 0 Å². The van der Waals surface area contributed by atoms with Gasteiger partial charge in [0.25, 0.3) is 0 Å². The second-order valence-electron chi connectivity index (χ2n) is 6.12. The summed E-state index contributed by atoms with van der Waals surface area (Å²) in [6.07, 6.45) is 6.03. The molecule has 3 rings (SSSR count). The van der Waals surface area contributed by atoms with Crippen molar-refractivity contribution in [2.75, 3.05) is 13.1 Å². The van der Waals surface area contributed by atoms with Crippen molar-refractivity contribution in [1.29, 1.82) is 0 Å². The predicted octanol–water partition coefficient (Wildman–Crippen LogP) is 2.81. The zero-order valence-corrected chi connectivity index (χ0v) is 14.2. The molecule has 2 saturated carbocycles. The zero-order valence-electron chi connectivity index (χ0n) is 12.5. The molecule has 2 fully saturated rings. The summed E-state index contributed by atoms with van der Waals surface area (Å²) in [5.74, 6) is 0.561. The summed E-state index contributed by atoms with van der Waals surface area (Å²) >= 11 is 1.54. The van der Waals surface area contributed by atoms with E-state index < -0.39 is 10.0 Å². The summed E-state index contributed by atoms with van der Waals surface area (Å²) in [7, 11) is -3.33. The first kappa shape index (κ1) is 15.5. The lowest BCUT2D eigenvalue weighted by Crippen LogP contribution is -2.37. The third-order valence-corrected chi connectivity index (χ3v) is 7.57. The molecule has 0 unspecified atom stereocenters. The van der Waals surface area contributed by atoms with Gasteiger partial charge in [-0.3, -0.25) is 0 Å². The zero-order chi connectivity index (χ0) is 14.9. The minimum absolute atomic E-state index is 0.516. The van der Waals surface area contributed by atoms with E-state index in [0.717, 1.165) is 4.88 Å². The van der Waals surface area contributed by atoms with Crippen LogP contribution in [0.4, 0.5) is 0 Å². The van der Waals surface area contributed by atoms with E-state index in [1.54, 1.807) is 21.7 Å². The molecule has 0 aromatic carbocycles. The molecule has 0 atom stereocenters. The van der Waals surface area contributed by atoms with Crippen LogP contribution in [0, 0.1) is 5.92 Å². The van der Waals surface area contributed by atoms with Crippen molar-refractivity contribution in [3.8, 4) is 0 Å². The van der Waals surface area contributed by atoms with Gasteiger partial charge in [-0.05, 0) is 43.0 Å². The van der Waals surface area contributed by atoms with Gasteiger partial charge in [0.2, 0.25) is 10.0 Å². The number of hydrogen-bond donors (Lipinski definition) is 1. The van der Waals surface area contributed by atoms with Gasteiger partial charge in [0.1, 0.15) is 0 Å². The third kappa shape index (κ3) is 3.50. The summed E-state index contributed by atoms with van der Waals surface area (Å²) < 4.78 is 27.4. The Morgan fingerprint density at radius 1 is 1.33 bits per heavy atom. The quantitative estimate of drug-likeness (QED) is 0.798. The fraction of sp³-hybridized carbons (Fsp3) is 0.733. The van der Waals surface area contributed by atoms with Gasteiger partial charge >= 0.3 is 0 Å². The third-order valence-electron chi connectivity index (χ3n) is 4.49. The molecule has 118 valence electrons. The molecule has 0 radical (unpaired) electrons. The van der Waals surface area contributed by atoms with Gasteiger partial charge in [0.05, 0.1) is 4.90 Å². The van der Waals surface area contributed by atoms with Crippen molar-refractivity contribution in [3.05, 3.63) is 16.3 Å². The predicted molar refractivity (Wildman–Crippen MR) is 86.0 cm³/mol. The van der Waals surface area contributed by atoms with Gasteiger partial charge in [0.15, 0.2) is 0 Å². The van der Waals surface area contributed by atoms with Crippen LogP contribution in [0.5, 0.6) is 0 Å². The van der Waals surface area contributed by atoms with Crippen molar-refractivity contribution in [2.45, 2.75) is 56.5 Å². The van der Waals surface area contributed by atoms with Gasteiger partial charge in [0, 0.05) is 30.6 Å². The van der Waals surface area contributed by atoms with Crippen LogP contribution in [0.1, 0.15) is 43.9 Å². The largest absolute Gasteiger partial charge is 0.309 e. The van der Waals surface area contributed by atoms with Crippen molar-refractivity contribution in [2.24, 2.45) is 5.92 Å². The molecule has 2 aliphatic carbocycles. The molecule has 0 spiro atoms. The molecule has 1 aromatic heterocycles. The van der Waals surface area contributed by atoms with E-state index >= 15 is 0 Å². The fourth-order valence-electron chi connectivity index (χ4n) is 2.71. The van der Waals surface area contributed by atoms with E-state index in [2.05, 4.69) is 5.32 Å². The maximum absolute atomic E-state index is 12.9. The molecule has 1 aromatic rings. The van der Waals surface area contributed by atoms with Gasteiger partial charge in [-0.1, -0.05) is 13.3 Å². The Labute approximate surface area is 131 Å². The van der Waals surface area contributed by atoms with Gasteiger partial charge in [-0.15, -0.1) is 11.3 Å². The maximum atomic E-state index is 12.9. The number of nitrogens with zero attached hydrogens (tertiary/aromatic N) is 1. The molecule has 1 heterocycles. The highest BCUT2D eigenvalue weighted by Gasteiger charge is 2.31. The molecule has 0 bridgehead atoms. The molecule has 6 heteroatoms. The number of sulfonamides is 1. The van der Waals surface area contributed by atoms with Crippen molar-refractivity contribution < 1.29 is 8.42 Å². The minimum atomic E-state index is -3.33. The lowest BCUT2D eigenvalue weighted by molar-refractivity contribution is 0.250. The summed E-state index contributed by atoms with van der Waals surface area (Å²) in [6, 6.07) is 2.37. The van der Waals surface area contributed by atoms with Crippen LogP contribution in [0.3, 0.4) is 0 Å². The molecular formula is C15H24N2O2S2.